The predicted molar refractivity (Wildman–Crippen MR) is 81.5 cm³/mol. The maximum absolute atomic E-state index is 13.0. The van der Waals surface area contributed by atoms with Crippen molar-refractivity contribution in [3.63, 3.8) is 0 Å². The number of rotatable bonds is 8. The highest BCUT2D eigenvalue weighted by molar-refractivity contribution is 5.19. The van der Waals surface area contributed by atoms with E-state index >= 15 is 0 Å². The van der Waals surface area contributed by atoms with E-state index in [-0.39, 0.29) is 11.9 Å². The molecule has 1 N–H and O–H groups in total. The van der Waals surface area contributed by atoms with Crippen molar-refractivity contribution in [3.8, 4) is 0 Å². The minimum Gasteiger partial charge on any atom is -0.308 e. The molecule has 1 aromatic carbocycles. The van der Waals surface area contributed by atoms with Gasteiger partial charge in [-0.05, 0) is 43.5 Å². The summed E-state index contributed by atoms with van der Waals surface area (Å²) in [6.45, 7) is 6.07. The molecule has 0 aliphatic rings. The molecule has 5 heteroatoms. The minimum atomic E-state index is -0.200. The van der Waals surface area contributed by atoms with Gasteiger partial charge in [-0.2, -0.15) is 0 Å². The molecule has 1 aromatic heterocycles. The van der Waals surface area contributed by atoms with Gasteiger partial charge in [-0.1, -0.05) is 31.2 Å². The number of nitrogens with zero attached hydrogens (tertiary/aromatic N) is 3. The summed E-state index contributed by atoms with van der Waals surface area (Å²) in [4.78, 5) is 0. The van der Waals surface area contributed by atoms with Gasteiger partial charge in [-0.3, -0.25) is 0 Å². The van der Waals surface area contributed by atoms with E-state index in [9.17, 15) is 4.39 Å². The van der Waals surface area contributed by atoms with Gasteiger partial charge in [0, 0.05) is 6.54 Å². The topological polar surface area (TPSA) is 42.7 Å². The number of hydrogen-bond acceptors (Lipinski definition) is 3. The Balaban J connectivity index is 2.16. The lowest BCUT2D eigenvalue weighted by molar-refractivity contribution is 0.465. The zero-order chi connectivity index (χ0) is 15.1. The third-order valence-corrected chi connectivity index (χ3v) is 3.43. The normalized spacial score (nSPS) is 12.5. The van der Waals surface area contributed by atoms with Gasteiger partial charge in [0.1, 0.15) is 5.82 Å². The molecule has 0 radical (unpaired) electrons. The molecule has 21 heavy (non-hydrogen) atoms. The van der Waals surface area contributed by atoms with Crippen molar-refractivity contribution in [2.75, 3.05) is 6.54 Å². The van der Waals surface area contributed by atoms with Gasteiger partial charge in [0.2, 0.25) is 0 Å². The van der Waals surface area contributed by atoms with Crippen LogP contribution in [0.5, 0.6) is 0 Å². The van der Waals surface area contributed by atoms with E-state index < -0.39 is 0 Å². The number of halogens is 1. The van der Waals surface area contributed by atoms with Gasteiger partial charge in [0.05, 0.1) is 17.9 Å². The fourth-order valence-electron chi connectivity index (χ4n) is 2.38. The summed E-state index contributed by atoms with van der Waals surface area (Å²) in [5, 5.41) is 11.7. The lowest BCUT2D eigenvalue weighted by Gasteiger charge is -2.19. The molecule has 0 saturated heterocycles. The van der Waals surface area contributed by atoms with Gasteiger partial charge in [-0.15, -0.1) is 5.10 Å². The quantitative estimate of drug-likeness (QED) is 0.812. The first kappa shape index (κ1) is 15.6. The van der Waals surface area contributed by atoms with E-state index in [1.165, 1.54) is 12.1 Å². The van der Waals surface area contributed by atoms with Crippen molar-refractivity contribution >= 4 is 0 Å². The molecule has 1 unspecified atom stereocenters. The standard InChI is InChI=1S/C16H23FN4/c1-3-9-18-15(11-13-5-7-14(17)8-6-13)16-12-19-20-21(16)10-4-2/h5-8,12,15,18H,3-4,9-11H2,1-2H3. The zero-order valence-corrected chi connectivity index (χ0v) is 12.7. The molecule has 1 atom stereocenters. The molecule has 114 valence electrons. The molecule has 0 saturated carbocycles. The highest BCUT2D eigenvalue weighted by Gasteiger charge is 2.17. The van der Waals surface area contributed by atoms with Crippen LogP contribution in [0, 0.1) is 5.82 Å². The Morgan fingerprint density at radius 2 is 1.95 bits per heavy atom. The molecule has 2 rings (SSSR count). The maximum atomic E-state index is 13.0. The zero-order valence-electron chi connectivity index (χ0n) is 12.7. The first-order chi connectivity index (χ1) is 10.2. The molecule has 1 heterocycles. The van der Waals surface area contributed by atoms with Gasteiger partial charge in [0.15, 0.2) is 0 Å². The number of nitrogens with one attached hydrogen (secondary N) is 1. The van der Waals surface area contributed by atoms with Crippen LogP contribution in [-0.2, 0) is 13.0 Å². The van der Waals surface area contributed by atoms with E-state index in [1.807, 2.05) is 23.0 Å². The Kier molecular flexibility index (Phi) is 5.87. The van der Waals surface area contributed by atoms with Crippen LogP contribution in [-0.4, -0.2) is 21.5 Å². The van der Waals surface area contributed by atoms with Crippen molar-refractivity contribution in [3.05, 3.63) is 47.5 Å². The summed E-state index contributed by atoms with van der Waals surface area (Å²) >= 11 is 0. The second-order valence-corrected chi connectivity index (χ2v) is 5.22. The summed E-state index contributed by atoms with van der Waals surface area (Å²) in [5.74, 6) is -0.200. The van der Waals surface area contributed by atoms with Gasteiger partial charge >= 0.3 is 0 Å². The van der Waals surface area contributed by atoms with Crippen molar-refractivity contribution < 1.29 is 4.39 Å². The lowest BCUT2D eigenvalue weighted by atomic mass is 10.0. The third-order valence-electron chi connectivity index (χ3n) is 3.43. The maximum Gasteiger partial charge on any atom is 0.123 e. The second-order valence-electron chi connectivity index (χ2n) is 5.22. The molecule has 0 aliphatic heterocycles. The Labute approximate surface area is 125 Å². The van der Waals surface area contributed by atoms with Crippen molar-refractivity contribution in [1.29, 1.82) is 0 Å². The Bertz CT molecular complexity index is 535. The van der Waals surface area contributed by atoms with Crippen LogP contribution in [0.3, 0.4) is 0 Å². The minimum absolute atomic E-state index is 0.150. The number of benzene rings is 1. The monoisotopic (exact) mass is 290 g/mol. The van der Waals surface area contributed by atoms with Crippen LogP contribution in [0.25, 0.3) is 0 Å². The van der Waals surface area contributed by atoms with Crippen molar-refractivity contribution in [2.24, 2.45) is 0 Å². The Morgan fingerprint density at radius 1 is 1.19 bits per heavy atom. The molecule has 0 amide bonds. The van der Waals surface area contributed by atoms with Gasteiger partial charge in [0.25, 0.3) is 0 Å². The van der Waals surface area contributed by atoms with Gasteiger partial charge in [-0.25, -0.2) is 9.07 Å². The summed E-state index contributed by atoms with van der Waals surface area (Å²) < 4.78 is 15.0. The Morgan fingerprint density at radius 3 is 2.62 bits per heavy atom. The van der Waals surface area contributed by atoms with E-state index in [1.54, 1.807) is 0 Å². The van der Waals surface area contributed by atoms with Crippen LogP contribution in [0.2, 0.25) is 0 Å². The van der Waals surface area contributed by atoms with E-state index in [2.05, 4.69) is 29.5 Å². The van der Waals surface area contributed by atoms with Crippen LogP contribution in [0.15, 0.2) is 30.5 Å². The molecule has 0 aliphatic carbocycles. The summed E-state index contributed by atoms with van der Waals surface area (Å²) in [7, 11) is 0. The molecule has 2 aromatic rings. The lowest BCUT2D eigenvalue weighted by Crippen LogP contribution is -2.26. The summed E-state index contributed by atoms with van der Waals surface area (Å²) in [6, 6.07) is 6.84. The van der Waals surface area contributed by atoms with Crippen LogP contribution >= 0.6 is 0 Å². The first-order valence-corrected chi connectivity index (χ1v) is 7.60. The fourth-order valence-corrected chi connectivity index (χ4v) is 2.38. The molecule has 0 spiro atoms. The molecule has 0 fully saturated rings. The highest BCUT2D eigenvalue weighted by Crippen LogP contribution is 2.18. The van der Waals surface area contributed by atoms with Crippen LogP contribution < -0.4 is 5.32 Å². The van der Waals surface area contributed by atoms with E-state index in [0.717, 1.165) is 43.6 Å². The SMILES string of the molecule is CCCNC(Cc1ccc(F)cc1)c1cnnn1CCC. The van der Waals surface area contributed by atoms with Crippen LogP contribution in [0.4, 0.5) is 4.39 Å². The summed E-state index contributed by atoms with van der Waals surface area (Å²) in [5.41, 5.74) is 2.20. The predicted octanol–water partition coefficient (Wildman–Crippen LogP) is 3.11. The van der Waals surface area contributed by atoms with E-state index in [4.69, 9.17) is 0 Å². The summed E-state index contributed by atoms with van der Waals surface area (Å²) in [6.07, 6.45) is 4.71. The molecule has 4 nitrogen and oxygen atoms in total. The third kappa shape index (κ3) is 4.36. The number of aryl methyl sites for hydroxylation is 1. The number of aromatic nitrogens is 3. The molecule has 0 bridgehead atoms. The van der Waals surface area contributed by atoms with Crippen molar-refractivity contribution in [2.45, 2.75) is 45.7 Å². The van der Waals surface area contributed by atoms with Gasteiger partial charge < -0.3 is 5.32 Å². The Hall–Kier alpha value is -1.75. The first-order valence-electron chi connectivity index (χ1n) is 7.60. The van der Waals surface area contributed by atoms with Crippen LogP contribution in [0.1, 0.15) is 44.0 Å². The van der Waals surface area contributed by atoms with Crippen molar-refractivity contribution in [1.82, 2.24) is 20.3 Å². The number of hydrogen-bond donors (Lipinski definition) is 1. The average Bonchev–Trinajstić information content (AvgIpc) is 2.94. The molecular formula is C16H23FN4. The highest BCUT2D eigenvalue weighted by atomic mass is 19.1. The smallest absolute Gasteiger partial charge is 0.123 e. The largest absolute Gasteiger partial charge is 0.308 e. The fraction of sp³-hybridized carbons (Fsp3) is 0.500. The van der Waals surface area contributed by atoms with E-state index in [0.29, 0.717) is 0 Å². The molecular weight excluding hydrogens is 267 g/mol. The second kappa shape index (κ2) is 7.88. The average molecular weight is 290 g/mol.